The first-order chi connectivity index (χ1) is 11.1. The van der Waals surface area contributed by atoms with Crippen LogP contribution >= 0.6 is 15.9 Å². The Kier molecular flexibility index (Phi) is 20.5. The van der Waals surface area contributed by atoms with Crippen molar-refractivity contribution in [1.29, 1.82) is 0 Å². The zero-order valence-electron chi connectivity index (χ0n) is 15.2. The summed E-state index contributed by atoms with van der Waals surface area (Å²) in [4.78, 5) is 11.1. The van der Waals surface area contributed by atoms with Crippen LogP contribution in [0.5, 0.6) is 0 Å². The number of hydrogen-bond donors (Lipinski definition) is 2. The second-order valence-corrected chi connectivity index (χ2v) is 9.00. The van der Waals surface area contributed by atoms with Crippen LogP contribution in [0, 0.1) is 0 Å². The average Bonchev–Trinajstić information content (AvgIpc) is 2.53. The van der Waals surface area contributed by atoms with E-state index in [0.29, 0.717) is 31.7 Å². The van der Waals surface area contributed by atoms with E-state index in [2.05, 4.69) is 21.2 Å². The van der Waals surface area contributed by atoms with Gasteiger partial charge in [0, 0.05) is 42.7 Å². The van der Waals surface area contributed by atoms with Crippen molar-refractivity contribution in [1.82, 2.24) is 5.32 Å². The summed E-state index contributed by atoms with van der Waals surface area (Å²) in [6, 6.07) is 2.08. The van der Waals surface area contributed by atoms with Crippen molar-refractivity contribution in [2.75, 3.05) is 38.2 Å². The molecule has 0 saturated heterocycles. The highest BCUT2D eigenvalue weighted by Crippen LogP contribution is 2.17. The van der Waals surface area contributed by atoms with Crippen LogP contribution < -0.4 is 11.1 Å². The molecule has 6 nitrogen and oxygen atoms in total. The van der Waals surface area contributed by atoms with Gasteiger partial charge in [-0.15, -0.1) is 0 Å². The molecule has 0 aliphatic rings. The minimum atomic E-state index is -2.54. The number of halogens is 1. The summed E-state index contributed by atoms with van der Waals surface area (Å²) >= 11 is 3.10. The lowest BCUT2D eigenvalue weighted by Crippen LogP contribution is -2.46. The Morgan fingerprint density at radius 3 is 1.96 bits per heavy atom. The molecule has 9 heteroatoms. The fourth-order valence-corrected chi connectivity index (χ4v) is 5.00. The number of carbonyl (C=O) groups is 1. The zero-order valence-corrected chi connectivity index (χ0v) is 19.7. The molecule has 23 heavy (non-hydrogen) atoms. The molecule has 3 N–H and O–H groups in total. The van der Waals surface area contributed by atoms with Crippen molar-refractivity contribution < 1.29 is 18.1 Å². The Morgan fingerprint density at radius 1 is 1.13 bits per heavy atom. The molecule has 0 bridgehead atoms. The molecule has 0 aliphatic carbocycles. The van der Waals surface area contributed by atoms with Crippen LogP contribution in [-0.4, -0.2) is 63.2 Å². The molecule has 0 rings (SSSR count). The Morgan fingerprint density at radius 2 is 1.65 bits per heavy atom. The highest BCUT2D eigenvalue weighted by molar-refractivity contribution is 9.09. The van der Waals surface area contributed by atoms with Crippen LogP contribution in [0.1, 0.15) is 33.6 Å². The number of nitrogens with one attached hydrogen (secondary N) is 1. The van der Waals surface area contributed by atoms with Gasteiger partial charge in [0.15, 0.2) is 0 Å². The Labute approximate surface area is 154 Å². The van der Waals surface area contributed by atoms with Gasteiger partial charge in [-0.25, -0.2) is 0 Å². The number of alkyl halides is 1. The third-order valence-corrected chi connectivity index (χ3v) is 7.12. The lowest BCUT2D eigenvalue weighted by Gasteiger charge is -2.28. The molecule has 0 atom stereocenters. The van der Waals surface area contributed by atoms with Crippen molar-refractivity contribution in [3.05, 3.63) is 0 Å². The van der Waals surface area contributed by atoms with Crippen molar-refractivity contribution in [2.45, 2.75) is 45.7 Å². The Hall–Kier alpha value is 0.224. The molecular weight excluding hydrogens is 396 g/mol. The van der Waals surface area contributed by atoms with Gasteiger partial charge in [0.1, 0.15) is 0 Å². The molecule has 0 aromatic heterocycles. The second kappa shape index (κ2) is 18.6. The first-order valence-electron chi connectivity index (χ1n) is 8.50. The molecule has 0 aromatic rings. The molecule has 140 valence electrons. The van der Waals surface area contributed by atoms with E-state index in [-0.39, 0.29) is 5.91 Å². The van der Waals surface area contributed by atoms with Gasteiger partial charge < -0.3 is 24.3 Å². The molecule has 0 saturated carbocycles. The maximum absolute atomic E-state index is 11.1. The maximum Gasteiger partial charge on any atom is 0.500 e. The van der Waals surface area contributed by atoms with E-state index in [1.807, 2.05) is 20.8 Å². The summed E-state index contributed by atoms with van der Waals surface area (Å²) in [5, 5.41) is 3.13. The molecule has 1 amide bonds. The summed E-state index contributed by atoms with van der Waals surface area (Å²) in [6.07, 6.45) is 2.02. The number of rotatable bonds is 13. The predicted octanol–water partition coefficient (Wildman–Crippen LogP) is 1.05. The van der Waals surface area contributed by atoms with Crippen molar-refractivity contribution in [2.24, 2.45) is 5.73 Å². The number of amides is 1. The van der Waals surface area contributed by atoms with E-state index < -0.39 is 8.80 Å². The van der Waals surface area contributed by atoms with Gasteiger partial charge in [-0.3, -0.25) is 4.79 Å². The fraction of sp³-hybridized carbons (Fsp3) is 0.929. The molecule has 0 radical (unpaired) electrons. The largest absolute Gasteiger partial charge is 0.500 e. The van der Waals surface area contributed by atoms with Gasteiger partial charge in [-0.2, -0.15) is 0 Å². The molecule has 0 heterocycles. The van der Waals surface area contributed by atoms with Crippen molar-refractivity contribution in [3.63, 3.8) is 0 Å². The van der Waals surface area contributed by atoms with Gasteiger partial charge in [-0.05, 0) is 40.2 Å². The van der Waals surface area contributed by atoms with Gasteiger partial charge >= 0.3 is 8.80 Å². The van der Waals surface area contributed by atoms with E-state index in [9.17, 15) is 4.79 Å². The van der Waals surface area contributed by atoms with Crippen LogP contribution in [0.25, 0.3) is 0 Å². The lowest BCUT2D eigenvalue weighted by atomic mass is 10.5. The van der Waals surface area contributed by atoms with Crippen LogP contribution in [-0.2, 0) is 18.1 Å². The lowest BCUT2D eigenvalue weighted by molar-refractivity contribution is -0.118. The maximum atomic E-state index is 11.1. The van der Waals surface area contributed by atoms with Gasteiger partial charge in [0.2, 0.25) is 5.91 Å². The zero-order chi connectivity index (χ0) is 18.0. The molecular formula is C14H35BrN2O4Si2. The monoisotopic (exact) mass is 430 g/mol. The number of carbonyl (C=O) groups excluding carboxylic acids is 1. The third kappa shape index (κ3) is 15.5. The van der Waals surface area contributed by atoms with Crippen molar-refractivity contribution >= 4 is 40.9 Å². The summed E-state index contributed by atoms with van der Waals surface area (Å²) in [6.45, 7) is 9.06. The highest BCUT2D eigenvalue weighted by atomic mass is 79.9. The van der Waals surface area contributed by atoms with E-state index in [1.54, 1.807) is 0 Å². The van der Waals surface area contributed by atoms with Gasteiger partial charge in [-0.1, -0.05) is 22.0 Å². The van der Waals surface area contributed by atoms with E-state index >= 15 is 0 Å². The molecule has 0 aliphatic heterocycles. The summed E-state index contributed by atoms with van der Waals surface area (Å²) in [7, 11) is -1.22. The summed E-state index contributed by atoms with van der Waals surface area (Å²) in [5.41, 5.74) is 5.16. The second-order valence-electron chi connectivity index (χ2n) is 4.71. The third-order valence-electron chi connectivity index (χ3n) is 2.75. The van der Waals surface area contributed by atoms with Crippen LogP contribution in [0.4, 0.5) is 0 Å². The minimum Gasteiger partial charge on any atom is -0.374 e. The van der Waals surface area contributed by atoms with Crippen molar-refractivity contribution in [3.8, 4) is 0 Å². The topological polar surface area (TPSA) is 82.8 Å². The Bertz CT molecular complexity index is 258. The number of nitrogens with two attached hydrogens (primary N) is 1. The van der Waals surface area contributed by atoms with Crippen LogP contribution in [0.2, 0.25) is 12.1 Å². The minimum absolute atomic E-state index is 0.00787. The first-order valence-corrected chi connectivity index (χ1v) is 13.0. The van der Waals surface area contributed by atoms with E-state index in [1.165, 1.54) is 22.7 Å². The highest BCUT2D eigenvalue weighted by Gasteiger charge is 2.39. The molecule has 0 fully saturated rings. The Balaban J connectivity index is 0. The van der Waals surface area contributed by atoms with E-state index in [4.69, 9.17) is 19.0 Å². The van der Waals surface area contributed by atoms with Crippen LogP contribution in [0.3, 0.4) is 0 Å². The molecule has 0 spiro atoms. The normalized spacial score (nSPS) is 11.0. The molecule has 0 aromatic carbocycles. The summed E-state index contributed by atoms with van der Waals surface area (Å²) in [5.74, 6) is -0.00787. The number of hydrogen-bond acceptors (Lipinski definition) is 5. The van der Waals surface area contributed by atoms with E-state index in [0.717, 1.165) is 19.0 Å². The SMILES string of the molecule is CCO[Si](CCCNC(=O)CBr)(OCC)OCC.NCCC[SiH3]. The smallest absolute Gasteiger partial charge is 0.374 e. The first kappa shape index (κ1) is 25.5. The average molecular weight is 432 g/mol. The van der Waals surface area contributed by atoms with Gasteiger partial charge in [0.25, 0.3) is 0 Å². The quantitative estimate of drug-likeness (QED) is 0.259. The predicted molar refractivity (Wildman–Crippen MR) is 105 cm³/mol. The summed E-state index contributed by atoms with van der Waals surface area (Å²) < 4.78 is 17.1. The standard InChI is InChI=1S/C11H24BrNO4Si.C3H11NSi/c1-4-15-18(16-5-2,17-6-3)9-7-8-13-11(14)10-12;4-2-1-3-5/h4-10H2,1-3H3,(H,13,14);1-4H2,5H3. The van der Waals surface area contributed by atoms with Gasteiger partial charge in [0.05, 0.1) is 5.33 Å². The fourth-order valence-electron chi connectivity index (χ4n) is 1.79. The van der Waals surface area contributed by atoms with Crippen LogP contribution in [0.15, 0.2) is 0 Å². The molecule has 0 unspecified atom stereocenters.